The Kier molecular flexibility index (Phi) is 51.6. The third kappa shape index (κ3) is 53.8. The molecule has 0 aromatic heterocycles. The SMILES string of the molecule is CC/C=C\C/C=C\C/C=C\C/C=C\C/C=C\C/C=C\CCCCCCCCC(=O)OCC(COC(=O)CCCCC/C=C\C/C=C\C/C=C\CC)OC(=O)CC/C=C\C/C=C\C/C=C\C/C=C\CC. The highest BCUT2D eigenvalue weighted by Gasteiger charge is 2.19. The van der Waals surface area contributed by atoms with Crippen LogP contribution in [0.25, 0.3) is 0 Å². The van der Waals surface area contributed by atoms with Crippen molar-refractivity contribution in [1.82, 2.24) is 0 Å². The van der Waals surface area contributed by atoms with Crippen molar-refractivity contribution < 1.29 is 28.6 Å². The van der Waals surface area contributed by atoms with Gasteiger partial charge in [-0.3, -0.25) is 14.4 Å². The van der Waals surface area contributed by atoms with E-state index in [0.717, 1.165) is 141 Å². The summed E-state index contributed by atoms with van der Waals surface area (Å²) in [5.74, 6) is -1.07. The van der Waals surface area contributed by atoms with Crippen LogP contribution in [0.4, 0.5) is 0 Å². The van der Waals surface area contributed by atoms with Crippen molar-refractivity contribution in [1.29, 1.82) is 0 Å². The van der Waals surface area contributed by atoms with Gasteiger partial charge >= 0.3 is 17.9 Å². The molecular weight excluding hydrogens is 853 g/mol. The van der Waals surface area contributed by atoms with Crippen molar-refractivity contribution >= 4 is 17.9 Å². The summed E-state index contributed by atoms with van der Waals surface area (Å²) in [5.41, 5.74) is 0. The van der Waals surface area contributed by atoms with Crippen molar-refractivity contribution in [3.05, 3.63) is 158 Å². The maximum atomic E-state index is 12.8. The smallest absolute Gasteiger partial charge is 0.306 e. The van der Waals surface area contributed by atoms with Gasteiger partial charge in [0.1, 0.15) is 13.2 Å². The highest BCUT2D eigenvalue weighted by atomic mass is 16.6. The van der Waals surface area contributed by atoms with Gasteiger partial charge in [-0.2, -0.15) is 0 Å². The molecule has 384 valence electrons. The fourth-order valence-corrected chi connectivity index (χ4v) is 6.59. The Labute approximate surface area is 422 Å². The highest BCUT2D eigenvalue weighted by Crippen LogP contribution is 2.12. The van der Waals surface area contributed by atoms with Crippen LogP contribution >= 0.6 is 0 Å². The Morgan fingerprint density at radius 1 is 0.290 bits per heavy atom. The molecule has 6 heteroatoms. The maximum Gasteiger partial charge on any atom is 0.306 e. The second kappa shape index (κ2) is 55.6. The van der Waals surface area contributed by atoms with Crippen molar-refractivity contribution in [2.45, 2.75) is 207 Å². The molecule has 6 nitrogen and oxygen atoms in total. The monoisotopic (exact) mass is 949 g/mol. The zero-order valence-electron chi connectivity index (χ0n) is 43.8. The Hall–Kier alpha value is -4.97. The second-order valence-corrected chi connectivity index (χ2v) is 17.0. The van der Waals surface area contributed by atoms with E-state index in [0.29, 0.717) is 19.3 Å². The Bertz CT molecular complexity index is 1610. The van der Waals surface area contributed by atoms with Gasteiger partial charge in [0.2, 0.25) is 0 Å². The third-order valence-corrected chi connectivity index (χ3v) is 10.5. The zero-order chi connectivity index (χ0) is 50.0. The molecule has 0 aliphatic carbocycles. The Morgan fingerprint density at radius 3 is 0.884 bits per heavy atom. The molecule has 0 N–H and O–H groups in total. The van der Waals surface area contributed by atoms with E-state index >= 15 is 0 Å². The summed E-state index contributed by atoms with van der Waals surface area (Å²) in [5, 5.41) is 0. The van der Waals surface area contributed by atoms with E-state index in [1.54, 1.807) is 0 Å². The van der Waals surface area contributed by atoms with Crippen LogP contribution in [-0.4, -0.2) is 37.2 Å². The van der Waals surface area contributed by atoms with Crippen LogP contribution in [0.5, 0.6) is 0 Å². The van der Waals surface area contributed by atoms with Crippen molar-refractivity contribution in [3.8, 4) is 0 Å². The lowest BCUT2D eigenvalue weighted by Gasteiger charge is -2.18. The topological polar surface area (TPSA) is 78.9 Å². The van der Waals surface area contributed by atoms with E-state index in [1.807, 2.05) is 12.2 Å². The molecule has 0 rings (SSSR count). The largest absolute Gasteiger partial charge is 0.462 e. The fourth-order valence-electron chi connectivity index (χ4n) is 6.59. The maximum absolute atomic E-state index is 12.8. The first-order chi connectivity index (χ1) is 34.0. The van der Waals surface area contributed by atoms with Crippen molar-refractivity contribution in [2.75, 3.05) is 13.2 Å². The van der Waals surface area contributed by atoms with Crippen LogP contribution in [0.3, 0.4) is 0 Å². The number of esters is 3. The average molecular weight is 949 g/mol. The first-order valence-corrected chi connectivity index (χ1v) is 27.0. The summed E-state index contributed by atoms with van der Waals surface area (Å²) in [4.78, 5) is 38.0. The summed E-state index contributed by atoms with van der Waals surface area (Å²) < 4.78 is 16.7. The van der Waals surface area contributed by atoms with Gasteiger partial charge in [-0.1, -0.05) is 211 Å². The number of ether oxygens (including phenoxy) is 3. The average Bonchev–Trinajstić information content (AvgIpc) is 3.35. The van der Waals surface area contributed by atoms with Gasteiger partial charge in [-0.05, 0) is 128 Å². The molecule has 1 atom stereocenters. The van der Waals surface area contributed by atoms with Gasteiger partial charge in [-0.15, -0.1) is 0 Å². The standard InChI is InChI=1S/C63H96O6/c1-4-7-10-13-16-19-22-25-26-27-28-29-30-31-32-33-34-35-36-39-41-44-47-50-53-56-62(65)68-59-60(69-63(66)57-54-51-48-45-42-38-24-21-18-15-12-9-6-3)58-67-61(64)55-52-49-46-43-40-37-23-20-17-14-11-8-5-2/h7-12,16-21,25-26,28-29,31-32,34-35,37-38,40,42,48,51,60H,4-6,13-15,22-24,27,30,33,36,39,41,43-47,49-50,52-59H2,1-3H3/b10-7-,11-8-,12-9-,19-16-,20-17-,21-18-,26-25-,29-28-,32-31-,35-34-,40-37-,42-38-,51-48-. The van der Waals surface area contributed by atoms with E-state index in [2.05, 4.69) is 167 Å². The predicted octanol–water partition coefficient (Wildman–Crippen LogP) is 18.2. The Balaban J connectivity index is 4.46. The highest BCUT2D eigenvalue weighted by molar-refractivity contribution is 5.71. The fraction of sp³-hybridized carbons (Fsp3) is 0.540. The minimum absolute atomic E-state index is 0.132. The predicted molar refractivity (Wildman–Crippen MR) is 297 cm³/mol. The van der Waals surface area contributed by atoms with Crippen LogP contribution in [-0.2, 0) is 28.6 Å². The number of carbonyl (C=O) groups excluding carboxylic acids is 3. The molecule has 69 heavy (non-hydrogen) atoms. The first kappa shape index (κ1) is 64.0. The normalized spacial score (nSPS) is 13.4. The van der Waals surface area contributed by atoms with Gasteiger partial charge in [-0.25, -0.2) is 0 Å². The van der Waals surface area contributed by atoms with Crippen molar-refractivity contribution in [2.24, 2.45) is 0 Å². The number of hydrogen-bond donors (Lipinski definition) is 0. The zero-order valence-corrected chi connectivity index (χ0v) is 43.8. The molecule has 0 aliphatic rings. The lowest BCUT2D eigenvalue weighted by molar-refractivity contribution is -0.166. The molecule has 0 radical (unpaired) electrons. The quantitative estimate of drug-likeness (QED) is 0.0262. The molecule has 0 heterocycles. The molecule has 0 spiro atoms. The van der Waals surface area contributed by atoms with Gasteiger partial charge in [0.15, 0.2) is 6.10 Å². The molecule has 0 amide bonds. The van der Waals surface area contributed by atoms with Crippen LogP contribution in [0.1, 0.15) is 201 Å². The van der Waals surface area contributed by atoms with Gasteiger partial charge in [0.25, 0.3) is 0 Å². The van der Waals surface area contributed by atoms with E-state index in [4.69, 9.17) is 14.2 Å². The molecule has 0 saturated carbocycles. The summed E-state index contributed by atoms with van der Waals surface area (Å²) in [7, 11) is 0. The Morgan fingerprint density at radius 2 is 0.551 bits per heavy atom. The second-order valence-electron chi connectivity index (χ2n) is 17.0. The minimum Gasteiger partial charge on any atom is -0.462 e. The van der Waals surface area contributed by atoms with E-state index in [-0.39, 0.29) is 31.6 Å². The molecule has 0 fully saturated rings. The number of hydrogen-bond acceptors (Lipinski definition) is 6. The van der Waals surface area contributed by atoms with E-state index < -0.39 is 12.1 Å². The van der Waals surface area contributed by atoms with Crippen LogP contribution in [0, 0.1) is 0 Å². The molecule has 0 bridgehead atoms. The van der Waals surface area contributed by atoms with Gasteiger partial charge in [0, 0.05) is 19.3 Å². The number of carbonyl (C=O) groups is 3. The molecule has 0 aromatic rings. The summed E-state index contributed by atoms with van der Waals surface area (Å²) >= 11 is 0. The third-order valence-electron chi connectivity index (χ3n) is 10.5. The lowest BCUT2D eigenvalue weighted by Crippen LogP contribution is -2.30. The van der Waals surface area contributed by atoms with Gasteiger partial charge < -0.3 is 14.2 Å². The molecular formula is C63H96O6. The van der Waals surface area contributed by atoms with Gasteiger partial charge in [0.05, 0.1) is 0 Å². The molecule has 1 unspecified atom stereocenters. The summed E-state index contributed by atoms with van der Waals surface area (Å²) in [6.45, 7) is 6.16. The molecule has 0 aliphatic heterocycles. The number of allylic oxidation sites excluding steroid dienone is 26. The van der Waals surface area contributed by atoms with Crippen molar-refractivity contribution in [3.63, 3.8) is 0 Å². The van der Waals surface area contributed by atoms with E-state index in [9.17, 15) is 14.4 Å². The van der Waals surface area contributed by atoms with Crippen LogP contribution < -0.4 is 0 Å². The first-order valence-electron chi connectivity index (χ1n) is 27.0. The lowest BCUT2D eigenvalue weighted by atomic mass is 10.1. The number of rotatable bonds is 46. The minimum atomic E-state index is -0.842. The number of unbranched alkanes of at least 4 members (excludes halogenated alkanes) is 9. The van der Waals surface area contributed by atoms with Crippen LogP contribution in [0.15, 0.2) is 158 Å². The molecule has 0 aromatic carbocycles. The summed E-state index contributed by atoms with van der Waals surface area (Å²) in [6.07, 6.45) is 81.1. The van der Waals surface area contributed by atoms with E-state index in [1.165, 1.54) is 12.8 Å². The van der Waals surface area contributed by atoms with Crippen LogP contribution in [0.2, 0.25) is 0 Å². The summed E-state index contributed by atoms with van der Waals surface area (Å²) in [6, 6.07) is 0. The molecule has 0 saturated heterocycles.